The summed E-state index contributed by atoms with van der Waals surface area (Å²) in [6.07, 6.45) is 1.64. The maximum atomic E-state index is 12.8. The van der Waals surface area contributed by atoms with E-state index in [0.717, 1.165) is 33.7 Å². The van der Waals surface area contributed by atoms with Crippen molar-refractivity contribution in [2.45, 2.75) is 20.0 Å². The van der Waals surface area contributed by atoms with Gasteiger partial charge in [-0.15, -0.1) is 0 Å². The number of H-pyrrole nitrogens is 1. The highest BCUT2D eigenvalue weighted by Gasteiger charge is 2.16. The van der Waals surface area contributed by atoms with Crippen LogP contribution in [0.1, 0.15) is 16.9 Å². The van der Waals surface area contributed by atoms with Crippen molar-refractivity contribution in [3.8, 4) is 16.9 Å². The fourth-order valence-corrected chi connectivity index (χ4v) is 3.74. The molecule has 0 saturated carbocycles. The Morgan fingerprint density at radius 2 is 1.87 bits per heavy atom. The molecule has 6 nitrogen and oxygen atoms in total. The van der Waals surface area contributed by atoms with E-state index in [4.69, 9.17) is 9.52 Å². The molecule has 31 heavy (non-hydrogen) atoms. The number of aromatic nitrogens is 3. The highest BCUT2D eigenvalue weighted by Crippen LogP contribution is 2.29. The molecule has 3 heterocycles. The van der Waals surface area contributed by atoms with Crippen molar-refractivity contribution in [1.82, 2.24) is 20.1 Å². The van der Waals surface area contributed by atoms with E-state index >= 15 is 0 Å². The van der Waals surface area contributed by atoms with E-state index in [-0.39, 0.29) is 5.56 Å². The van der Waals surface area contributed by atoms with E-state index < -0.39 is 0 Å². The first-order valence-corrected chi connectivity index (χ1v) is 10.2. The molecule has 5 rings (SSSR count). The predicted octanol–water partition coefficient (Wildman–Crippen LogP) is 4.57. The summed E-state index contributed by atoms with van der Waals surface area (Å²) < 4.78 is 7.15. The summed E-state index contributed by atoms with van der Waals surface area (Å²) in [6, 6.07) is 23.8. The first-order valence-electron chi connectivity index (χ1n) is 10.2. The van der Waals surface area contributed by atoms with Crippen LogP contribution in [0.3, 0.4) is 0 Å². The molecule has 154 valence electrons. The third-order valence-electron chi connectivity index (χ3n) is 5.25. The van der Waals surface area contributed by atoms with Crippen molar-refractivity contribution in [3.05, 3.63) is 106 Å². The minimum absolute atomic E-state index is 0.132. The van der Waals surface area contributed by atoms with Crippen LogP contribution in [-0.2, 0) is 13.1 Å². The molecule has 0 aliphatic carbocycles. The number of aryl methyl sites for hydroxylation is 1. The fourth-order valence-electron chi connectivity index (χ4n) is 3.74. The summed E-state index contributed by atoms with van der Waals surface area (Å²) in [4.78, 5) is 15.9. The maximum Gasteiger partial charge on any atom is 0.254 e. The van der Waals surface area contributed by atoms with Gasteiger partial charge in [-0.3, -0.25) is 4.79 Å². The SMILES string of the molecule is Cc1cccc(-c2nn(-c3ccccc3)c3[nH]c(=O)c(CNCc4ccco4)cc23)c1. The van der Waals surface area contributed by atoms with Crippen LogP contribution in [0.4, 0.5) is 0 Å². The average Bonchev–Trinajstić information content (AvgIpc) is 3.42. The highest BCUT2D eigenvalue weighted by atomic mass is 16.3. The molecular formula is C25H22N4O2. The molecule has 0 unspecified atom stereocenters. The summed E-state index contributed by atoms with van der Waals surface area (Å²) in [5.41, 5.74) is 5.11. The lowest BCUT2D eigenvalue weighted by molar-refractivity contribution is 0.482. The summed E-state index contributed by atoms with van der Waals surface area (Å²) >= 11 is 0. The van der Waals surface area contributed by atoms with Crippen LogP contribution in [0.15, 0.2) is 88.3 Å². The number of pyridine rings is 1. The molecule has 0 atom stereocenters. The van der Waals surface area contributed by atoms with Gasteiger partial charge in [-0.1, -0.05) is 42.0 Å². The van der Waals surface area contributed by atoms with E-state index in [0.29, 0.717) is 24.3 Å². The van der Waals surface area contributed by atoms with E-state index in [1.807, 2.05) is 60.7 Å². The van der Waals surface area contributed by atoms with Crippen molar-refractivity contribution in [3.63, 3.8) is 0 Å². The minimum atomic E-state index is -0.132. The summed E-state index contributed by atoms with van der Waals surface area (Å²) in [7, 11) is 0. The van der Waals surface area contributed by atoms with Crippen molar-refractivity contribution >= 4 is 11.0 Å². The Morgan fingerprint density at radius 3 is 2.65 bits per heavy atom. The number of hydrogen-bond donors (Lipinski definition) is 2. The molecule has 6 heteroatoms. The summed E-state index contributed by atoms with van der Waals surface area (Å²) in [5, 5.41) is 9.07. The molecule has 0 spiro atoms. The van der Waals surface area contributed by atoms with Crippen LogP contribution >= 0.6 is 0 Å². The quantitative estimate of drug-likeness (QED) is 0.430. The highest BCUT2D eigenvalue weighted by molar-refractivity contribution is 5.92. The Bertz CT molecular complexity index is 1380. The van der Waals surface area contributed by atoms with Crippen LogP contribution in [0, 0.1) is 6.92 Å². The molecular weight excluding hydrogens is 388 g/mol. The van der Waals surface area contributed by atoms with Crippen LogP contribution in [0.2, 0.25) is 0 Å². The normalized spacial score (nSPS) is 11.3. The van der Waals surface area contributed by atoms with Gasteiger partial charge in [0.25, 0.3) is 5.56 Å². The van der Waals surface area contributed by atoms with E-state index in [1.54, 1.807) is 10.9 Å². The monoisotopic (exact) mass is 410 g/mol. The first-order chi connectivity index (χ1) is 15.2. The number of hydrogen-bond acceptors (Lipinski definition) is 4. The van der Waals surface area contributed by atoms with Gasteiger partial charge in [0, 0.05) is 23.1 Å². The number of rotatable bonds is 6. The first kappa shape index (κ1) is 19.1. The number of aromatic amines is 1. The van der Waals surface area contributed by atoms with Gasteiger partial charge < -0.3 is 14.7 Å². The third kappa shape index (κ3) is 3.81. The smallest absolute Gasteiger partial charge is 0.254 e. The largest absolute Gasteiger partial charge is 0.468 e. The molecule has 2 aromatic carbocycles. The van der Waals surface area contributed by atoms with Gasteiger partial charge in [0.15, 0.2) is 0 Å². The lowest BCUT2D eigenvalue weighted by Gasteiger charge is -2.05. The molecule has 0 radical (unpaired) electrons. The van der Waals surface area contributed by atoms with Gasteiger partial charge in [0.05, 0.1) is 18.5 Å². The molecule has 2 N–H and O–H groups in total. The Balaban J connectivity index is 1.61. The molecule has 0 amide bonds. The fraction of sp³-hybridized carbons (Fsp3) is 0.120. The Labute approximate surface area is 179 Å². The Kier molecular flexibility index (Phi) is 4.98. The van der Waals surface area contributed by atoms with Gasteiger partial charge in [-0.25, -0.2) is 4.68 Å². The average molecular weight is 410 g/mol. The van der Waals surface area contributed by atoms with Gasteiger partial charge >= 0.3 is 0 Å². The second-order valence-electron chi connectivity index (χ2n) is 7.53. The van der Waals surface area contributed by atoms with E-state index in [1.165, 1.54) is 0 Å². The number of nitrogens with one attached hydrogen (secondary N) is 2. The van der Waals surface area contributed by atoms with Crippen LogP contribution in [-0.4, -0.2) is 14.8 Å². The van der Waals surface area contributed by atoms with Crippen LogP contribution in [0.5, 0.6) is 0 Å². The predicted molar refractivity (Wildman–Crippen MR) is 121 cm³/mol. The van der Waals surface area contributed by atoms with Gasteiger partial charge in [-0.05, 0) is 43.3 Å². The number of nitrogens with zero attached hydrogens (tertiary/aromatic N) is 2. The van der Waals surface area contributed by atoms with Gasteiger partial charge in [0.1, 0.15) is 17.1 Å². The molecule has 0 aliphatic rings. The number of fused-ring (bicyclic) bond motifs is 1. The lowest BCUT2D eigenvalue weighted by Crippen LogP contribution is -2.21. The molecule has 5 aromatic rings. The maximum absolute atomic E-state index is 12.8. The molecule has 0 bridgehead atoms. The second kappa shape index (κ2) is 8.08. The zero-order valence-corrected chi connectivity index (χ0v) is 17.1. The van der Waals surface area contributed by atoms with Crippen molar-refractivity contribution in [1.29, 1.82) is 0 Å². The zero-order chi connectivity index (χ0) is 21.2. The number of benzene rings is 2. The Hall–Kier alpha value is -3.90. The Morgan fingerprint density at radius 1 is 1.00 bits per heavy atom. The van der Waals surface area contributed by atoms with Crippen molar-refractivity contribution in [2.75, 3.05) is 0 Å². The molecule has 0 saturated heterocycles. The third-order valence-corrected chi connectivity index (χ3v) is 5.25. The summed E-state index contributed by atoms with van der Waals surface area (Å²) in [5.74, 6) is 0.829. The summed E-state index contributed by atoms with van der Waals surface area (Å²) in [6.45, 7) is 3.04. The van der Waals surface area contributed by atoms with Crippen LogP contribution < -0.4 is 10.9 Å². The molecule has 0 fully saturated rings. The topological polar surface area (TPSA) is 75.8 Å². The lowest BCUT2D eigenvalue weighted by atomic mass is 10.1. The van der Waals surface area contributed by atoms with Crippen LogP contribution in [0.25, 0.3) is 28.0 Å². The zero-order valence-electron chi connectivity index (χ0n) is 17.1. The van der Waals surface area contributed by atoms with E-state index in [9.17, 15) is 4.79 Å². The van der Waals surface area contributed by atoms with Crippen molar-refractivity contribution in [2.24, 2.45) is 0 Å². The second-order valence-corrected chi connectivity index (χ2v) is 7.53. The van der Waals surface area contributed by atoms with Gasteiger partial charge in [-0.2, -0.15) is 5.10 Å². The number of para-hydroxylation sites is 1. The minimum Gasteiger partial charge on any atom is -0.468 e. The number of furan rings is 1. The van der Waals surface area contributed by atoms with E-state index in [2.05, 4.69) is 29.4 Å². The molecule has 0 aliphatic heterocycles. The van der Waals surface area contributed by atoms with Crippen molar-refractivity contribution < 1.29 is 4.42 Å². The van der Waals surface area contributed by atoms with Gasteiger partial charge in [0.2, 0.25) is 0 Å². The standard InChI is InChI=1S/C25H22N4O2/c1-17-7-5-8-18(13-17)23-22-14-19(15-26-16-21-11-6-12-31-21)25(30)27-24(22)29(28-23)20-9-3-2-4-10-20/h2-14,26H,15-16H2,1H3,(H,27,30). The molecule has 3 aromatic heterocycles.